The van der Waals surface area contributed by atoms with E-state index in [1.807, 2.05) is 0 Å². The van der Waals surface area contributed by atoms with Gasteiger partial charge in [-0.1, -0.05) is 11.3 Å². The van der Waals surface area contributed by atoms with Crippen LogP contribution < -0.4 is 4.87 Å². The zero-order chi connectivity index (χ0) is 13.8. The number of nitrogens with zero attached hydrogens (tertiary/aromatic N) is 1. The molecular formula is C12H12N2O4S. The lowest BCUT2D eigenvalue weighted by Crippen LogP contribution is -2.24. The number of carbonyl (C=O) groups excluding carboxylic acids is 2. The van der Waals surface area contributed by atoms with Crippen molar-refractivity contribution in [1.29, 1.82) is 0 Å². The highest BCUT2D eigenvalue weighted by molar-refractivity contribution is 7.07. The fraction of sp³-hybridized carbons (Fsp3) is 0.250. The van der Waals surface area contributed by atoms with Gasteiger partial charge in [0.05, 0.1) is 18.8 Å². The SMILES string of the molecule is CCOC(=O)c1csc(=O)n1CC(=O)c1ccc[nH]1. The van der Waals surface area contributed by atoms with Crippen LogP contribution in [0, 0.1) is 0 Å². The molecule has 0 saturated heterocycles. The Morgan fingerprint density at radius 3 is 2.89 bits per heavy atom. The van der Waals surface area contributed by atoms with Crippen molar-refractivity contribution in [1.82, 2.24) is 9.55 Å². The maximum absolute atomic E-state index is 11.9. The van der Waals surface area contributed by atoms with Gasteiger partial charge in [0.15, 0.2) is 5.78 Å². The molecule has 0 atom stereocenters. The van der Waals surface area contributed by atoms with E-state index < -0.39 is 5.97 Å². The summed E-state index contributed by atoms with van der Waals surface area (Å²) in [6.45, 7) is 1.71. The maximum atomic E-state index is 11.9. The number of H-pyrrole nitrogens is 1. The average molecular weight is 280 g/mol. The number of esters is 1. The number of Topliss-reactive ketones (excluding diaryl/α,β-unsaturated/α-hetero) is 1. The zero-order valence-electron chi connectivity index (χ0n) is 10.2. The zero-order valence-corrected chi connectivity index (χ0v) is 11.0. The molecule has 0 aliphatic rings. The number of hydrogen-bond donors (Lipinski definition) is 1. The molecule has 6 nitrogen and oxygen atoms in total. The van der Waals surface area contributed by atoms with E-state index in [9.17, 15) is 14.4 Å². The Labute approximate surface area is 112 Å². The smallest absolute Gasteiger partial charge is 0.355 e. The summed E-state index contributed by atoms with van der Waals surface area (Å²) in [5, 5.41) is 1.41. The molecule has 19 heavy (non-hydrogen) atoms. The molecular weight excluding hydrogens is 268 g/mol. The summed E-state index contributed by atoms with van der Waals surface area (Å²) in [7, 11) is 0. The number of ketones is 1. The third kappa shape index (κ3) is 2.82. The monoisotopic (exact) mass is 280 g/mol. The van der Waals surface area contributed by atoms with Crippen LogP contribution in [0.4, 0.5) is 0 Å². The van der Waals surface area contributed by atoms with Crippen LogP contribution in [0.2, 0.25) is 0 Å². The lowest BCUT2D eigenvalue weighted by molar-refractivity contribution is 0.0513. The highest BCUT2D eigenvalue weighted by atomic mass is 32.1. The predicted molar refractivity (Wildman–Crippen MR) is 69.7 cm³/mol. The minimum atomic E-state index is -0.597. The molecule has 0 amide bonds. The second-order valence-electron chi connectivity index (χ2n) is 3.70. The fourth-order valence-electron chi connectivity index (χ4n) is 1.58. The molecule has 2 aromatic rings. The predicted octanol–water partition coefficient (Wildman–Crippen LogP) is 1.30. The van der Waals surface area contributed by atoms with Gasteiger partial charge in [0.2, 0.25) is 0 Å². The Morgan fingerprint density at radius 1 is 1.47 bits per heavy atom. The lowest BCUT2D eigenvalue weighted by atomic mass is 10.3. The van der Waals surface area contributed by atoms with E-state index in [0.717, 1.165) is 15.9 Å². The quantitative estimate of drug-likeness (QED) is 0.661. The molecule has 2 heterocycles. The highest BCUT2D eigenvalue weighted by Crippen LogP contribution is 2.06. The van der Waals surface area contributed by atoms with Gasteiger partial charge < -0.3 is 9.72 Å². The van der Waals surface area contributed by atoms with Crippen molar-refractivity contribution in [2.24, 2.45) is 0 Å². The Kier molecular flexibility index (Phi) is 3.96. The van der Waals surface area contributed by atoms with Crippen molar-refractivity contribution < 1.29 is 14.3 Å². The topological polar surface area (TPSA) is 81.2 Å². The molecule has 0 unspecified atom stereocenters. The van der Waals surface area contributed by atoms with Gasteiger partial charge in [-0.05, 0) is 19.1 Å². The van der Waals surface area contributed by atoms with Crippen molar-refractivity contribution in [3.8, 4) is 0 Å². The molecule has 0 aliphatic carbocycles. The normalized spacial score (nSPS) is 10.4. The summed E-state index contributed by atoms with van der Waals surface area (Å²) < 4.78 is 5.97. The Balaban J connectivity index is 2.25. The van der Waals surface area contributed by atoms with E-state index in [2.05, 4.69) is 4.98 Å². The molecule has 0 bridgehead atoms. The first-order valence-electron chi connectivity index (χ1n) is 5.65. The van der Waals surface area contributed by atoms with Gasteiger partial charge in [0.25, 0.3) is 0 Å². The molecule has 0 spiro atoms. The first-order valence-corrected chi connectivity index (χ1v) is 6.53. The Hall–Kier alpha value is -2.15. The number of rotatable bonds is 5. The second-order valence-corrected chi connectivity index (χ2v) is 4.52. The molecule has 0 aliphatic heterocycles. The first-order chi connectivity index (χ1) is 9.13. The Morgan fingerprint density at radius 2 is 2.26 bits per heavy atom. The lowest BCUT2D eigenvalue weighted by Gasteiger charge is -2.05. The average Bonchev–Trinajstić information content (AvgIpc) is 3.01. The number of nitrogens with one attached hydrogen (secondary N) is 1. The van der Waals surface area contributed by atoms with Crippen LogP contribution in [0.1, 0.15) is 27.9 Å². The number of hydrogen-bond acceptors (Lipinski definition) is 5. The summed E-state index contributed by atoms with van der Waals surface area (Å²) in [6, 6.07) is 3.31. The molecule has 2 rings (SSSR count). The third-order valence-electron chi connectivity index (χ3n) is 2.47. The van der Waals surface area contributed by atoms with Crippen LogP contribution in [0.5, 0.6) is 0 Å². The second kappa shape index (κ2) is 5.66. The minimum absolute atomic E-state index is 0.108. The number of aromatic amines is 1. The summed E-state index contributed by atoms with van der Waals surface area (Å²) >= 11 is 0.869. The minimum Gasteiger partial charge on any atom is -0.461 e. The van der Waals surface area contributed by atoms with Crippen molar-refractivity contribution in [2.45, 2.75) is 13.5 Å². The summed E-state index contributed by atoms with van der Waals surface area (Å²) in [5.74, 6) is -0.865. The van der Waals surface area contributed by atoms with Crippen LogP contribution in [-0.2, 0) is 11.3 Å². The van der Waals surface area contributed by atoms with E-state index in [0.29, 0.717) is 5.69 Å². The van der Waals surface area contributed by atoms with Gasteiger partial charge in [-0.25, -0.2) is 4.79 Å². The van der Waals surface area contributed by atoms with Gasteiger partial charge in [0, 0.05) is 11.6 Å². The van der Waals surface area contributed by atoms with E-state index in [4.69, 9.17) is 4.74 Å². The number of aromatic nitrogens is 2. The largest absolute Gasteiger partial charge is 0.461 e. The van der Waals surface area contributed by atoms with E-state index in [1.165, 1.54) is 5.38 Å². The third-order valence-corrected chi connectivity index (χ3v) is 3.23. The number of carbonyl (C=O) groups is 2. The first kappa shape index (κ1) is 13.3. The van der Waals surface area contributed by atoms with Crippen LogP contribution in [-0.4, -0.2) is 27.9 Å². The van der Waals surface area contributed by atoms with Crippen molar-refractivity contribution in [2.75, 3.05) is 6.61 Å². The molecule has 1 N–H and O–H groups in total. The van der Waals surface area contributed by atoms with Gasteiger partial charge in [-0.2, -0.15) is 0 Å². The van der Waals surface area contributed by atoms with Gasteiger partial charge >= 0.3 is 10.8 Å². The van der Waals surface area contributed by atoms with Crippen LogP contribution in [0.3, 0.4) is 0 Å². The molecule has 0 aromatic carbocycles. The van der Waals surface area contributed by atoms with E-state index in [1.54, 1.807) is 25.3 Å². The van der Waals surface area contributed by atoms with Gasteiger partial charge in [-0.3, -0.25) is 14.2 Å². The van der Waals surface area contributed by atoms with E-state index in [-0.39, 0.29) is 29.5 Å². The summed E-state index contributed by atoms with van der Waals surface area (Å²) in [6.07, 6.45) is 1.62. The van der Waals surface area contributed by atoms with Crippen LogP contribution >= 0.6 is 11.3 Å². The Bertz CT molecular complexity index is 639. The van der Waals surface area contributed by atoms with Gasteiger partial charge in [0.1, 0.15) is 5.69 Å². The van der Waals surface area contributed by atoms with Gasteiger partial charge in [-0.15, -0.1) is 0 Å². The van der Waals surface area contributed by atoms with Crippen LogP contribution in [0.25, 0.3) is 0 Å². The molecule has 2 aromatic heterocycles. The standard InChI is InChI=1S/C12H12N2O4S/c1-2-18-11(16)9-7-19-12(17)14(9)6-10(15)8-4-3-5-13-8/h3-5,7,13H,2,6H2,1H3. The van der Waals surface area contributed by atoms with Crippen molar-refractivity contribution >= 4 is 23.1 Å². The molecule has 100 valence electrons. The van der Waals surface area contributed by atoms with Crippen LogP contribution in [0.15, 0.2) is 28.5 Å². The highest BCUT2D eigenvalue weighted by Gasteiger charge is 2.18. The molecule has 0 radical (unpaired) electrons. The number of thiazole rings is 1. The molecule has 0 saturated carbocycles. The molecule has 0 fully saturated rings. The summed E-state index contributed by atoms with van der Waals surface area (Å²) in [5.41, 5.74) is 0.504. The summed E-state index contributed by atoms with van der Waals surface area (Å²) in [4.78, 5) is 37.6. The van der Waals surface area contributed by atoms with Crippen molar-refractivity contribution in [3.05, 3.63) is 44.8 Å². The van der Waals surface area contributed by atoms with Crippen molar-refractivity contribution in [3.63, 3.8) is 0 Å². The number of ether oxygens (including phenoxy) is 1. The molecule has 7 heteroatoms. The fourth-order valence-corrected chi connectivity index (χ4v) is 2.30. The van der Waals surface area contributed by atoms with E-state index >= 15 is 0 Å². The maximum Gasteiger partial charge on any atom is 0.355 e.